The zero-order valence-electron chi connectivity index (χ0n) is 12.7. The highest BCUT2D eigenvalue weighted by Crippen LogP contribution is 2.24. The average Bonchev–Trinajstić information content (AvgIpc) is 2.54. The Kier molecular flexibility index (Phi) is 5.04. The number of rotatable bonds is 4. The van der Waals surface area contributed by atoms with E-state index in [-0.39, 0.29) is 16.8 Å². The first-order chi connectivity index (χ1) is 9.98. The second-order valence-corrected chi connectivity index (χ2v) is 7.86. The molecular formula is C16H23NO3S. The van der Waals surface area contributed by atoms with Gasteiger partial charge in [-0.1, -0.05) is 25.1 Å². The van der Waals surface area contributed by atoms with Gasteiger partial charge in [-0.2, -0.15) is 0 Å². The first-order valence-electron chi connectivity index (χ1n) is 7.58. The topological polar surface area (TPSA) is 54.5 Å². The van der Waals surface area contributed by atoms with Crippen LogP contribution in [0.3, 0.4) is 0 Å². The molecule has 0 aliphatic carbocycles. The molecule has 1 fully saturated rings. The van der Waals surface area contributed by atoms with Crippen molar-refractivity contribution in [3.8, 4) is 0 Å². The van der Waals surface area contributed by atoms with Crippen LogP contribution < -0.4 is 0 Å². The number of carbonyl (C=O) groups is 1. The molecule has 2 rings (SSSR count). The summed E-state index contributed by atoms with van der Waals surface area (Å²) in [5, 5.41) is -1.02. The highest BCUT2D eigenvalue weighted by molar-refractivity contribution is 7.92. The van der Waals surface area contributed by atoms with Crippen molar-refractivity contribution < 1.29 is 13.2 Å². The zero-order chi connectivity index (χ0) is 15.5. The van der Waals surface area contributed by atoms with Gasteiger partial charge in [0.2, 0.25) is 5.91 Å². The normalized spacial score (nSPS) is 21.0. The minimum Gasteiger partial charge on any atom is -0.339 e. The van der Waals surface area contributed by atoms with Crippen molar-refractivity contribution in [1.29, 1.82) is 0 Å². The molecule has 1 saturated heterocycles. The first kappa shape index (κ1) is 16.0. The molecular weight excluding hydrogens is 286 g/mol. The lowest BCUT2D eigenvalue weighted by atomic mass is 10.00. The number of nitrogens with zero attached hydrogens (tertiary/aromatic N) is 1. The first-order valence-corrected chi connectivity index (χ1v) is 9.12. The second-order valence-electron chi connectivity index (χ2n) is 5.59. The summed E-state index contributed by atoms with van der Waals surface area (Å²) in [7, 11) is -3.61. The monoisotopic (exact) mass is 309 g/mol. The quantitative estimate of drug-likeness (QED) is 0.859. The van der Waals surface area contributed by atoms with Crippen molar-refractivity contribution in [2.75, 3.05) is 6.54 Å². The summed E-state index contributed by atoms with van der Waals surface area (Å²) in [6, 6.07) is 8.40. The van der Waals surface area contributed by atoms with E-state index in [0.29, 0.717) is 6.54 Å². The summed E-state index contributed by atoms with van der Waals surface area (Å²) in [4.78, 5) is 14.6. The molecule has 0 radical (unpaired) electrons. The molecule has 0 N–H and O–H groups in total. The molecule has 0 spiro atoms. The van der Waals surface area contributed by atoms with E-state index in [2.05, 4.69) is 0 Å². The molecule has 21 heavy (non-hydrogen) atoms. The molecule has 0 saturated carbocycles. The Morgan fingerprint density at radius 2 is 1.95 bits per heavy atom. The Labute approximate surface area is 127 Å². The Bertz CT molecular complexity index is 583. The van der Waals surface area contributed by atoms with Gasteiger partial charge in [0.25, 0.3) is 0 Å². The highest BCUT2D eigenvalue weighted by Gasteiger charge is 2.36. The summed E-state index contributed by atoms with van der Waals surface area (Å²) < 4.78 is 25.1. The van der Waals surface area contributed by atoms with Crippen molar-refractivity contribution in [2.24, 2.45) is 0 Å². The molecule has 116 valence electrons. The Balaban J connectivity index is 2.22. The molecule has 1 heterocycles. The summed E-state index contributed by atoms with van der Waals surface area (Å²) in [5.41, 5.74) is 0. The van der Waals surface area contributed by atoms with Gasteiger partial charge in [0, 0.05) is 12.6 Å². The number of piperidine rings is 1. The molecule has 0 bridgehead atoms. The third kappa shape index (κ3) is 3.28. The van der Waals surface area contributed by atoms with Crippen molar-refractivity contribution in [3.63, 3.8) is 0 Å². The lowest BCUT2D eigenvalue weighted by Gasteiger charge is -2.36. The number of likely N-dealkylation sites (tertiary alicyclic amines) is 1. The molecule has 4 nitrogen and oxygen atoms in total. The lowest BCUT2D eigenvalue weighted by molar-refractivity contribution is -0.134. The molecule has 1 aliphatic heterocycles. The average molecular weight is 309 g/mol. The maximum absolute atomic E-state index is 12.6. The van der Waals surface area contributed by atoms with E-state index in [0.717, 1.165) is 25.7 Å². The summed E-state index contributed by atoms with van der Waals surface area (Å²) in [6.07, 6.45) is 3.92. The molecule has 0 aromatic heterocycles. The van der Waals surface area contributed by atoms with Gasteiger partial charge in [0.1, 0.15) is 5.25 Å². The Morgan fingerprint density at radius 3 is 2.57 bits per heavy atom. The van der Waals surface area contributed by atoms with Crippen molar-refractivity contribution in [2.45, 2.75) is 55.7 Å². The molecule has 1 aromatic rings. The fourth-order valence-corrected chi connectivity index (χ4v) is 4.24. The largest absolute Gasteiger partial charge is 0.339 e. The van der Waals surface area contributed by atoms with E-state index in [9.17, 15) is 13.2 Å². The van der Waals surface area contributed by atoms with Gasteiger partial charge in [-0.25, -0.2) is 8.42 Å². The van der Waals surface area contributed by atoms with Gasteiger partial charge in [0.15, 0.2) is 9.84 Å². The van der Waals surface area contributed by atoms with E-state index in [1.807, 2.05) is 6.92 Å². The van der Waals surface area contributed by atoms with E-state index < -0.39 is 15.1 Å². The van der Waals surface area contributed by atoms with Crippen molar-refractivity contribution in [3.05, 3.63) is 30.3 Å². The third-order valence-corrected chi connectivity index (χ3v) is 6.33. The summed E-state index contributed by atoms with van der Waals surface area (Å²) in [5.74, 6) is -0.259. The van der Waals surface area contributed by atoms with Gasteiger partial charge in [-0.05, 0) is 44.7 Å². The smallest absolute Gasteiger partial charge is 0.241 e. The number of benzene rings is 1. The van der Waals surface area contributed by atoms with E-state index >= 15 is 0 Å². The maximum atomic E-state index is 12.6. The van der Waals surface area contributed by atoms with Crippen LogP contribution in [0.2, 0.25) is 0 Å². The number of carbonyl (C=O) groups excluding carboxylic acids is 1. The highest BCUT2D eigenvalue weighted by atomic mass is 32.2. The lowest BCUT2D eigenvalue weighted by Crippen LogP contribution is -2.49. The van der Waals surface area contributed by atoms with Crippen LogP contribution in [0.15, 0.2) is 35.2 Å². The molecule has 2 atom stereocenters. The molecule has 2 unspecified atom stereocenters. The van der Waals surface area contributed by atoms with Gasteiger partial charge in [0.05, 0.1) is 4.90 Å². The van der Waals surface area contributed by atoms with Gasteiger partial charge in [-0.3, -0.25) is 4.79 Å². The van der Waals surface area contributed by atoms with Crippen LogP contribution in [0.4, 0.5) is 0 Å². The van der Waals surface area contributed by atoms with E-state index in [1.54, 1.807) is 35.2 Å². The van der Waals surface area contributed by atoms with Crippen LogP contribution in [0.5, 0.6) is 0 Å². The number of amides is 1. The second kappa shape index (κ2) is 6.60. The maximum Gasteiger partial charge on any atom is 0.241 e. The van der Waals surface area contributed by atoms with Crippen LogP contribution in [-0.2, 0) is 14.6 Å². The SMILES string of the molecule is CCC1CCCCN1C(=O)C(C)S(=O)(=O)c1ccccc1. The van der Waals surface area contributed by atoms with Crippen LogP contribution >= 0.6 is 0 Å². The minimum absolute atomic E-state index is 0.180. The van der Waals surface area contributed by atoms with Crippen LogP contribution in [0, 0.1) is 0 Å². The van der Waals surface area contributed by atoms with E-state index in [4.69, 9.17) is 0 Å². The Hall–Kier alpha value is -1.36. The van der Waals surface area contributed by atoms with Gasteiger partial charge < -0.3 is 4.90 Å². The predicted molar refractivity (Wildman–Crippen MR) is 82.7 cm³/mol. The fourth-order valence-electron chi connectivity index (χ4n) is 2.90. The standard InChI is InChI=1S/C16H23NO3S/c1-3-14-9-7-8-12-17(14)16(18)13(2)21(19,20)15-10-5-4-6-11-15/h4-6,10-11,13-14H,3,7-9,12H2,1-2H3. The third-order valence-electron chi connectivity index (χ3n) is 4.27. The van der Waals surface area contributed by atoms with Crippen LogP contribution in [-0.4, -0.2) is 37.1 Å². The number of hydrogen-bond acceptors (Lipinski definition) is 3. The fraction of sp³-hybridized carbons (Fsp3) is 0.562. The van der Waals surface area contributed by atoms with Crippen molar-refractivity contribution >= 4 is 15.7 Å². The molecule has 5 heteroatoms. The molecule has 1 aliphatic rings. The van der Waals surface area contributed by atoms with E-state index in [1.165, 1.54) is 6.92 Å². The molecule has 1 aromatic carbocycles. The van der Waals surface area contributed by atoms with Crippen LogP contribution in [0.25, 0.3) is 0 Å². The minimum atomic E-state index is -3.61. The predicted octanol–water partition coefficient (Wildman–Crippen LogP) is 2.64. The van der Waals surface area contributed by atoms with Gasteiger partial charge in [-0.15, -0.1) is 0 Å². The zero-order valence-corrected chi connectivity index (χ0v) is 13.5. The number of hydrogen-bond donors (Lipinski definition) is 0. The van der Waals surface area contributed by atoms with Crippen molar-refractivity contribution in [1.82, 2.24) is 4.90 Å². The van der Waals surface area contributed by atoms with Crippen LogP contribution in [0.1, 0.15) is 39.5 Å². The summed E-state index contributed by atoms with van der Waals surface area (Å²) >= 11 is 0. The Morgan fingerprint density at radius 1 is 1.29 bits per heavy atom. The summed E-state index contributed by atoms with van der Waals surface area (Å²) in [6.45, 7) is 4.23. The van der Waals surface area contributed by atoms with Gasteiger partial charge >= 0.3 is 0 Å². The molecule has 1 amide bonds. The number of sulfone groups is 1.